The van der Waals surface area contributed by atoms with Crippen LogP contribution in [0.2, 0.25) is 0 Å². The van der Waals surface area contributed by atoms with Gasteiger partial charge in [0.15, 0.2) is 0 Å². The normalized spacial score (nSPS) is 29.0. The van der Waals surface area contributed by atoms with Crippen molar-refractivity contribution in [3.8, 4) is 5.75 Å². The highest BCUT2D eigenvalue weighted by Gasteiger charge is 2.66. The van der Waals surface area contributed by atoms with Crippen LogP contribution in [0.1, 0.15) is 17.5 Å². The molecule has 0 spiro atoms. The Morgan fingerprint density at radius 3 is 2.42 bits per heavy atom. The maximum Gasteiger partial charge on any atom is 0.115 e. The molecule has 4 rings (SSSR count). The number of fused-ring (bicyclic) bond motifs is 1. The highest BCUT2D eigenvalue weighted by molar-refractivity contribution is 5.31. The van der Waals surface area contributed by atoms with Crippen molar-refractivity contribution in [1.29, 1.82) is 0 Å². The van der Waals surface area contributed by atoms with E-state index in [1.54, 1.807) is 12.1 Å². The summed E-state index contributed by atoms with van der Waals surface area (Å²) in [5.41, 5.74) is 3.03. The summed E-state index contributed by atoms with van der Waals surface area (Å²) in [5, 5.41) is 9.54. The van der Waals surface area contributed by atoms with Crippen molar-refractivity contribution in [2.24, 2.45) is 5.92 Å². The monoisotopic (exact) mass is 322 g/mol. The Morgan fingerprint density at radius 2 is 1.75 bits per heavy atom. The molecule has 0 amide bonds. The average Bonchev–Trinajstić information content (AvgIpc) is 3.23. The molecule has 0 radical (unpaired) electrons. The lowest BCUT2D eigenvalue weighted by Gasteiger charge is -2.36. The molecule has 126 valence electrons. The SMILES string of the molecule is CN(C)[C@]12C[C@H]1CN(Cc1ccccc1)[C@H]2Cc1ccc(O)cc1. The van der Waals surface area contributed by atoms with Crippen molar-refractivity contribution in [3.63, 3.8) is 0 Å². The van der Waals surface area contributed by atoms with E-state index < -0.39 is 0 Å². The second-order valence-corrected chi connectivity index (χ2v) is 7.59. The third-order valence-electron chi connectivity index (χ3n) is 6.02. The first kappa shape index (κ1) is 15.7. The van der Waals surface area contributed by atoms with E-state index in [4.69, 9.17) is 0 Å². The van der Waals surface area contributed by atoms with E-state index >= 15 is 0 Å². The Hall–Kier alpha value is -1.84. The van der Waals surface area contributed by atoms with Crippen molar-refractivity contribution < 1.29 is 5.11 Å². The molecular weight excluding hydrogens is 296 g/mol. The van der Waals surface area contributed by atoms with Gasteiger partial charge in [0.25, 0.3) is 0 Å². The summed E-state index contributed by atoms with van der Waals surface area (Å²) in [4.78, 5) is 5.12. The lowest BCUT2D eigenvalue weighted by molar-refractivity contribution is 0.133. The highest BCUT2D eigenvalue weighted by Crippen LogP contribution is 2.57. The van der Waals surface area contributed by atoms with Crippen molar-refractivity contribution in [2.45, 2.75) is 31.0 Å². The van der Waals surface area contributed by atoms with Gasteiger partial charge in [0.1, 0.15) is 5.75 Å². The van der Waals surface area contributed by atoms with E-state index in [0.29, 0.717) is 17.3 Å². The van der Waals surface area contributed by atoms with Crippen LogP contribution < -0.4 is 0 Å². The van der Waals surface area contributed by atoms with Crippen LogP contribution in [0.4, 0.5) is 0 Å². The molecule has 1 saturated carbocycles. The fourth-order valence-electron chi connectivity index (χ4n) is 4.69. The molecule has 3 heteroatoms. The van der Waals surface area contributed by atoms with Gasteiger partial charge in [-0.15, -0.1) is 0 Å². The van der Waals surface area contributed by atoms with E-state index in [1.807, 2.05) is 0 Å². The van der Waals surface area contributed by atoms with Crippen LogP contribution in [-0.4, -0.2) is 47.1 Å². The topological polar surface area (TPSA) is 26.7 Å². The van der Waals surface area contributed by atoms with Gasteiger partial charge in [-0.25, -0.2) is 0 Å². The number of phenols is 1. The van der Waals surface area contributed by atoms with Crippen LogP contribution in [0.25, 0.3) is 0 Å². The molecule has 0 aromatic heterocycles. The zero-order valence-corrected chi connectivity index (χ0v) is 14.5. The summed E-state index contributed by atoms with van der Waals surface area (Å²) in [5.74, 6) is 1.14. The number of hydrogen-bond donors (Lipinski definition) is 1. The number of aromatic hydroxyl groups is 1. The van der Waals surface area contributed by atoms with E-state index in [2.05, 4.69) is 66.4 Å². The second-order valence-electron chi connectivity index (χ2n) is 7.59. The fourth-order valence-corrected chi connectivity index (χ4v) is 4.69. The van der Waals surface area contributed by atoms with Gasteiger partial charge in [-0.3, -0.25) is 4.90 Å². The minimum atomic E-state index is 0.326. The number of hydrogen-bond acceptors (Lipinski definition) is 3. The minimum absolute atomic E-state index is 0.326. The molecule has 1 saturated heterocycles. The number of nitrogens with zero attached hydrogens (tertiary/aromatic N) is 2. The van der Waals surface area contributed by atoms with Gasteiger partial charge in [0, 0.05) is 24.7 Å². The summed E-state index contributed by atoms with van der Waals surface area (Å²) in [6, 6.07) is 19.1. The molecule has 2 aromatic rings. The summed E-state index contributed by atoms with van der Waals surface area (Å²) in [7, 11) is 4.46. The molecule has 1 aliphatic carbocycles. The van der Waals surface area contributed by atoms with Crippen LogP contribution in [-0.2, 0) is 13.0 Å². The van der Waals surface area contributed by atoms with Gasteiger partial charge in [0.2, 0.25) is 0 Å². The third-order valence-corrected chi connectivity index (χ3v) is 6.02. The lowest BCUT2D eigenvalue weighted by atomic mass is 9.96. The Balaban J connectivity index is 1.58. The molecule has 1 heterocycles. The fraction of sp³-hybridized carbons (Fsp3) is 0.429. The molecule has 3 atom stereocenters. The molecule has 2 aliphatic rings. The zero-order valence-electron chi connectivity index (χ0n) is 14.5. The molecule has 2 fully saturated rings. The predicted molar refractivity (Wildman–Crippen MR) is 97.0 cm³/mol. The number of benzene rings is 2. The number of likely N-dealkylation sites (N-methyl/N-ethyl adjacent to an activating group) is 1. The predicted octanol–water partition coefficient (Wildman–Crippen LogP) is 3.14. The molecule has 3 nitrogen and oxygen atoms in total. The molecule has 2 aromatic carbocycles. The van der Waals surface area contributed by atoms with Crippen LogP contribution in [0.15, 0.2) is 54.6 Å². The Morgan fingerprint density at radius 1 is 1.04 bits per heavy atom. The quantitative estimate of drug-likeness (QED) is 0.916. The van der Waals surface area contributed by atoms with E-state index in [9.17, 15) is 5.11 Å². The Bertz CT molecular complexity index is 698. The van der Waals surface area contributed by atoms with E-state index in [0.717, 1.165) is 18.9 Å². The first-order chi connectivity index (χ1) is 11.6. The molecule has 1 N–H and O–H groups in total. The molecule has 24 heavy (non-hydrogen) atoms. The van der Waals surface area contributed by atoms with Gasteiger partial charge in [0.05, 0.1) is 0 Å². The van der Waals surface area contributed by atoms with Gasteiger partial charge < -0.3 is 10.0 Å². The van der Waals surface area contributed by atoms with Crippen LogP contribution in [0.3, 0.4) is 0 Å². The summed E-state index contributed by atoms with van der Waals surface area (Å²) in [6.07, 6.45) is 2.36. The zero-order chi connectivity index (χ0) is 16.7. The minimum Gasteiger partial charge on any atom is -0.508 e. The number of phenolic OH excluding ortho intramolecular Hbond substituents is 1. The smallest absolute Gasteiger partial charge is 0.115 e. The van der Waals surface area contributed by atoms with Crippen LogP contribution >= 0.6 is 0 Å². The van der Waals surface area contributed by atoms with Crippen molar-refractivity contribution in [2.75, 3.05) is 20.6 Å². The van der Waals surface area contributed by atoms with Gasteiger partial charge in [-0.1, -0.05) is 42.5 Å². The lowest BCUT2D eigenvalue weighted by Crippen LogP contribution is -2.48. The van der Waals surface area contributed by atoms with Crippen molar-refractivity contribution in [1.82, 2.24) is 9.80 Å². The van der Waals surface area contributed by atoms with Gasteiger partial charge in [-0.2, -0.15) is 0 Å². The van der Waals surface area contributed by atoms with Crippen LogP contribution in [0, 0.1) is 5.92 Å². The highest BCUT2D eigenvalue weighted by atomic mass is 16.3. The second kappa shape index (κ2) is 5.91. The maximum atomic E-state index is 9.54. The van der Waals surface area contributed by atoms with E-state index in [1.165, 1.54) is 24.1 Å². The average molecular weight is 322 g/mol. The third kappa shape index (κ3) is 2.62. The largest absolute Gasteiger partial charge is 0.508 e. The Kier molecular flexibility index (Phi) is 3.86. The molecule has 1 aliphatic heterocycles. The standard InChI is InChI=1S/C21H26N2O/c1-22(2)21-13-18(21)15-23(14-17-6-4-3-5-7-17)20(21)12-16-8-10-19(24)11-9-16/h3-11,18,20,24H,12-15H2,1-2H3/t18-,20-,21+/m0/s1. The van der Waals surface area contributed by atoms with Crippen molar-refractivity contribution in [3.05, 3.63) is 65.7 Å². The maximum absolute atomic E-state index is 9.54. The number of likely N-dealkylation sites (tertiary alicyclic amines) is 1. The number of piperidine rings is 1. The Labute approximate surface area is 144 Å². The summed E-state index contributed by atoms with van der Waals surface area (Å²) in [6.45, 7) is 2.21. The molecule has 0 bridgehead atoms. The summed E-state index contributed by atoms with van der Waals surface area (Å²) < 4.78 is 0. The number of rotatable bonds is 5. The van der Waals surface area contributed by atoms with Gasteiger partial charge in [-0.05, 0) is 56.1 Å². The van der Waals surface area contributed by atoms with E-state index in [-0.39, 0.29) is 0 Å². The first-order valence-electron chi connectivity index (χ1n) is 8.83. The molecule has 0 unspecified atom stereocenters. The first-order valence-corrected chi connectivity index (χ1v) is 8.83. The van der Waals surface area contributed by atoms with Crippen LogP contribution in [0.5, 0.6) is 5.75 Å². The van der Waals surface area contributed by atoms with Gasteiger partial charge >= 0.3 is 0 Å². The van der Waals surface area contributed by atoms with Crippen molar-refractivity contribution >= 4 is 0 Å². The molecular formula is C21H26N2O. The summed E-state index contributed by atoms with van der Waals surface area (Å²) >= 11 is 0.